The molecule has 2 fully saturated rings. The Morgan fingerprint density at radius 2 is 1.67 bits per heavy atom. The third kappa shape index (κ3) is 5.93. The molecular weight excluding hydrogens is 603 g/mol. The largest absolute Gasteiger partial charge is 0.573 e. The number of rotatable bonds is 9. The van der Waals surface area contributed by atoms with E-state index in [2.05, 4.69) is 14.8 Å². The first kappa shape index (κ1) is 31.1. The molecule has 0 saturated carbocycles. The standard InChI is InChI=1S/C30H24F3N3O9/c1-44-27(39)18-9-5-17(6-10-18)15-35-25(37)22-23(26(35)38)29(28(40)41,14-16-7-11-20(12-8-16)36(42)43)34-24(22)19-3-2-4-21(13-19)45-30(31,32)33/h2-13,22-24,34H,14-15H2,1H3,(H,40,41). The number of alkyl halides is 3. The number of ether oxygens (including phenoxy) is 2. The molecule has 0 aromatic heterocycles. The van der Waals surface area contributed by atoms with Crippen LogP contribution in [0, 0.1) is 22.0 Å². The maximum absolute atomic E-state index is 14.0. The molecule has 0 aliphatic carbocycles. The van der Waals surface area contributed by atoms with Gasteiger partial charge in [-0.1, -0.05) is 36.4 Å². The Morgan fingerprint density at radius 3 is 2.24 bits per heavy atom. The van der Waals surface area contributed by atoms with Gasteiger partial charge >= 0.3 is 18.3 Å². The van der Waals surface area contributed by atoms with Gasteiger partial charge in [0.25, 0.3) is 5.69 Å². The number of hydrogen-bond acceptors (Lipinski definition) is 9. The van der Waals surface area contributed by atoms with Crippen molar-refractivity contribution in [1.29, 1.82) is 0 Å². The number of nitro benzene ring substituents is 1. The lowest BCUT2D eigenvalue weighted by Crippen LogP contribution is -2.57. The van der Waals surface area contributed by atoms with E-state index in [1.807, 2.05) is 0 Å². The number of carbonyl (C=O) groups is 4. The summed E-state index contributed by atoms with van der Waals surface area (Å²) in [5.74, 6) is -7.16. The Hall–Kier alpha value is -5.31. The van der Waals surface area contributed by atoms with Gasteiger partial charge in [0.05, 0.1) is 36.0 Å². The second kappa shape index (κ2) is 11.6. The molecule has 2 amide bonds. The Bertz CT molecular complexity index is 1680. The molecule has 2 aliphatic heterocycles. The molecule has 15 heteroatoms. The summed E-state index contributed by atoms with van der Waals surface area (Å²) in [6.07, 6.45) is -5.41. The zero-order chi connectivity index (χ0) is 32.7. The lowest BCUT2D eigenvalue weighted by Gasteiger charge is -2.31. The summed E-state index contributed by atoms with van der Waals surface area (Å²) >= 11 is 0. The maximum atomic E-state index is 14.0. The van der Waals surface area contributed by atoms with E-state index in [1.165, 1.54) is 67.8 Å². The number of benzene rings is 3. The van der Waals surface area contributed by atoms with Crippen LogP contribution in [-0.2, 0) is 32.1 Å². The first-order chi connectivity index (χ1) is 21.2. The fourth-order valence-corrected chi connectivity index (χ4v) is 5.95. The van der Waals surface area contributed by atoms with Crippen molar-refractivity contribution in [3.63, 3.8) is 0 Å². The summed E-state index contributed by atoms with van der Waals surface area (Å²) in [6, 6.07) is 14.3. The number of fused-ring (bicyclic) bond motifs is 1. The monoisotopic (exact) mass is 627 g/mol. The smallest absolute Gasteiger partial charge is 0.480 e. The molecule has 3 aromatic rings. The molecule has 45 heavy (non-hydrogen) atoms. The molecule has 2 aliphatic rings. The van der Waals surface area contributed by atoms with E-state index in [4.69, 9.17) is 0 Å². The van der Waals surface area contributed by atoms with Gasteiger partial charge in [-0.15, -0.1) is 13.2 Å². The number of nitrogens with zero attached hydrogens (tertiary/aromatic N) is 2. The summed E-state index contributed by atoms with van der Waals surface area (Å²) in [5, 5.41) is 24.6. The number of amides is 2. The molecule has 4 unspecified atom stereocenters. The van der Waals surface area contributed by atoms with Crippen LogP contribution in [0.5, 0.6) is 5.75 Å². The zero-order valence-corrected chi connectivity index (χ0v) is 23.3. The first-order valence-corrected chi connectivity index (χ1v) is 13.4. The van der Waals surface area contributed by atoms with Crippen molar-refractivity contribution in [2.45, 2.75) is 30.9 Å². The Labute approximate surface area is 252 Å². The van der Waals surface area contributed by atoms with Crippen LogP contribution in [0.3, 0.4) is 0 Å². The topological polar surface area (TPSA) is 165 Å². The number of carboxylic acids is 1. The van der Waals surface area contributed by atoms with Crippen molar-refractivity contribution >= 4 is 29.4 Å². The van der Waals surface area contributed by atoms with Crippen molar-refractivity contribution in [2.24, 2.45) is 11.8 Å². The van der Waals surface area contributed by atoms with Crippen LogP contribution < -0.4 is 10.1 Å². The van der Waals surface area contributed by atoms with Gasteiger partial charge in [0.2, 0.25) is 11.8 Å². The third-order valence-electron chi connectivity index (χ3n) is 7.92. The van der Waals surface area contributed by atoms with Crippen molar-refractivity contribution in [1.82, 2.24) is 10.2 Å². The van der Waals surface area contributed by atoms with Crippen molar-refractivity contribution in [3.05, 3.63) is 105 Å². The quantitative estimate of drug-likeness (QED) is 0.154. The molecule has 5 rings (SSSR count). The zero-order valence-electron chi connectivity index (χ0n) is 23.3. The SMILES string of the molecule is COC(=O)c1ccc(CN2C(=O)C3C(c4cccc(OC(F)(F)F)c4)NC(Cc4ccc([N+](=O)[O-])cc4)(C(=O)O)C3C2=O)cc1. The van der Waals surface area contributed by atoms with Gasteiger partial charge in [-0.2, -0.15) is 0 Å². The molecule has 0 bridgehead atoms. The molecule has 2 N–H and O–H groups in total. The number of methoxy groups -OCH3 is 1. The van der Waals surface area contributed by atoms with E-state index in [9.17, 15) is 47.6 Å². The number of imide groups is 1. The first-order valence-electron chi connectivity index (χ1n) is 13.4. The summed E-state index contributed by atoms with van der Waals surface area (Å²) < 4.78 is 47.7. The second-order valence-electron chi connectivity index (χ2n) is 10.6. The van der Waals surface area contributed by atoms with Crippen LogP contribution in [0.4, 0.5) is 18.9 Å². The fourth-order valence-electron chi connectivity index (χ4n) is 5.95. The van der Waals surface area contributed by atoms with E-state index >= 15 is 0 Å². The Kier molecular flexibility index (Phi) is 8.06. The molecule has 2 saturated heterocycles. The van der Waals surface area contributed by atoms with Crippen LogP contribution >= 0.6 is 0 Å². The lowest BCUT2D eigenvalue weighted by atomic mass is 9.76. The number of halogens is 3. The van der Waals surface area contributed by atoms with Crippen molar-refractivity contribution in [3.8, 4) is 5.75 Å². The number of hydrogen-bond donors (Lipinski definition) is 2. The number of aliphatic carboxylic acids is 1. The normalized spacial score (nSPS) is 22.7. The number of likely N-dealkylation sites (tertiary alicyclic amines) is 1. The molecule has 234 valence electrons. The van der Waals surface area contributed by atoms with Gasteiger partial charge < -0.3 is 14.6 Å². The van der Waals surface area contributed by atoms with Gasteiger partial charge in [-0.05, 0) is 41.0 Å². The molecule has 4 atom stereocenters. The summed E-state index contributed by atoms with van der Waals surface area (Å²) in [7, 11) is 1.21. The van der Waals surface area contributed by atoms with Gasteiger partial charge in [0, 0.05) is 24.6 Å². The van der Waals surface area contributed by atoms with E-state index < -0.39 is 70.6 Å². The van der Waals surface area contributed by atoms with Crippen LogP contribution in [0.2, 0.25) is 0 Å². The van der Waals surface area contributed by atoms with E-state index in [1.54, 1.807) is 0 Å². The Morgan fingerprint density at radius 1 is 1.02 bits per heavy atom. The van der Waals surface area contributed by atoms with Gasteiger partial charge in [0.1, 0.15) is 11.3 Å². The highest BCUT2D eigenvalue weighted by atomic mass is 19.4. The van der Waals surface area contributed by atoms with E-state index in [0.717, 1.165) is 17.0 Å². The molecular formula is C30H24F3N3O9. The highest BCUT2D eigenvalue weighted by Gasteiger charge is 2.68. The maximum Gasteiger partial charge on any atom is 0.573 e. The summed E-state index contributed by atoms with van der Waals surface area (Å²) in [4.78, 5) is 64.1. The van der Waals surface area contributed by atoms with Crippen LogP contribution in [0.15, 0.2) is 72.8 Å². The highest BCUT2D eigenvalue weighted by molar-refractivity contribution is 6.09. The van der Waals surface area contributed by atoms with Crippen LogP contribution in [0.25, 0.3) is 0 Å². The molecule has 2 heterocycles. The average Bonchev–Trinajstić information content (AvgIpc) is 3.46. The minimum absolute atomic E-state index is 0.0732. The number of esters is 1. The fraction of sp³-hybridized carbons (Fsp3) is 0.267. The number of nitro groups is 1. The summed E-state index contributed by atoms with van der Waals surface area (Å²) in [6.45, 7) is -0.275. The van der Waals surface area contributed by atoms with Crippen LogP contribution in [-0.4, -0.2) is 57.7 Å². The third-order valence-corrected chi connectivity index (χ3v) is 7.92. The average molecular weight is 628 g/mol. The van der Waals surface area contributed by atoms with E-state index in [0.29, 0.717) is 11.1 Å². The van der Waals surface area contributed by atoms with Crippen LogP contribution in [0.1, 0.15) is 33.1 Å². The Balaban J connectivity index is 1.56. The number of nitrogens with one attached hydrogen (secondary N) is 1. The minimum Gasteiger partial charge on any atom is -0.480 e. The predicted octanol–water partition coefficient (Wildman–Crippen LogP) is 3.79. The van der Waals surface area contributed by atoms with Crippen molar-refractivity contribution in [2.75, 3.05) is 7.11 Å². The highest BCUT2D eigenvalue weighted by Crippen LogP contribution is 2.50. The molecule has 0 radical (unpaired) electrons. The van der Waals surface area contributed by atoms with Crippen molar-refractivity contribution < 1.29 is 51.9 Å². The van der Waals surface area contributed by atoms with Gasteiger partial charge in [0.15, 0.2) is 0 Å². The minimum atomic E-state index is -5.02. The lowest BCUT2D eigenvalue weighted by molar-refractivity contribution is -0.384. The number of carbonyl (C=O) groups excluding carboxylic acids is 3. The van der Waals surface area contributed by atoms with E-state index in [-0.39, 0.29) is 23.4 Å². The number of non-ortho nitro benzene ring substituents is 1. The molecule has 3 aromatic carbocycles. The van der Waals surface area contributed by atoms with Gasteiger partial charge in [-0.3, -0.25) is 34.7 Å². The van der Waals surface area contributed by atoms with Gasteiger partial charge in [-0.25, -0.2) is 4.79 Å². The second-order valence-corrected chi connectivity index (χ2v) is 10.6. The molecule has 12 nitrogen and oxygen atoms in total. The molecule has 0 spiro atoms. The number of carboxylic acid groups (broad SMARTS) is 1. The summed E-state index contributed by atoms with van der Waals surface area (Å²) in [5.41, 5.74) is -1.37. The predicted molar refractivity (Wildman–Crippen MR) is 146 cm³/mol.